The maximum absolute atomic E-state index is 12.3. The van der Waals surface area contributed by atoms with Crippen LogP contribution in [-0.4, -0.2) is 17.4 Å². The Bertz CT molecular complexity index is 1240. The zero-order valence-electron chi connectivity index (χ0n) is 16.2. The molecule has 1 heterocycles. The predicted octanol–water partition coefficient (Wildman–Crippen LogP) is 7.52. The third-order valence-corrected chi connectivity index (χ3v) is 5.55. The number of halogens is 4. The summed E-state index contributed by atoms with van der Waals surface area (Å²) in [6.45, 7) is 0. The van der Waals surface area contributed by atoms with Crippen molar-refractivity contribution < 1.29 is 22.7 Å². The number of hydrogen-bond donors (Lipinski definition) is 3. The highest BCUT2D eigenvalue weighted by atomic mass is 35.5. The number of anilines is 2. The Morgan fingerprint density at radius 1 is 0.938 bits per heavy atom. The van der Waals surface area contributed by atoms with Crippen molar-refractivity contribution in [2.45, 2.75) is 16.2 Å². The summed E-state index contributed by atoms with van der Waals surface area (Å²) < 4.78 is 40.6. The second-order valence-electron chi connectivity index (χ2n) is 6.62. The molecule has 10 heteroatoms. The van der Waals surface area contributed by atoms with Crippen molar-refractivity contribution in [3.63, 3.8) is 0 Å². The minimum atomic E-state index is -4.72. The maximum atomic E-state index is 12.3. The molecule has 4 aromatic rings. The van der Waals surface area contributed by atoms with Gasteiger partial charge in [-0.2, -0.15) is 0 Å². The summed E-state index contributed by atoms with van der Waals surface area (Å²) in [5, 5.41) is 6.89. The largest absolute Gasteiger partial charge is 0.573 e. The van der Waals surface area contributed by atoms with Crippen LogP contribution in [0.3, 0.4) is 0 Å². The number of amides is 2. The normalized spacial score (nSPS) is 11.4. The van der Waals surface area contributed by atoms with Crippen LogP contribution in [0.4, 0.5) is 29.3 Å². The van der Waals surface area contributed by atoms with Crippen molar-refractivity contribution in [3.8, 4) is 5.75 Å². The van der Waals surface area contributed by atoms with Crippen LogP contribution in [0.5, 0.6) is 5.75 Å². The van der Waals surface area contributed by atoms with Gasteiger partial charge in [0.1, 0.15) is 5.75 Å². The Morgan fingerprint density at radius 2 is 1.59 bits per heavy atom. The van der Waals surface area contributed by atoms with Crippen LogP contribution in [-0.2, 0) is 0 Å². The molecule has 3 N–H and O–H groups in total. The number of aromatic nitrogens is 1. The zero-order valence-corrected chi connectivity index (χ0v) is 17.7. The van der Waals surface area contributed by atoms with E-state index in [0.29, 0.717) is 16.4 Å². The van der Waals surface area contributed by atoms with E-state index in [9.17, 15) is 18.0 Å². The second kappa shape index (κ2) is 9.05. The molecule has 0 radical (unpaired) electrons. The summed E-state index contributed by atoms with van der Waals surface area (Å²) in [5.41, 5.74) is 2.04. The molecule has 4 rings (SSSR count). The molecule has 2 amide bonds. The lowest BCUT2D eigenvalue weighted by atomic mass is 10.2. The molecule has 0 spiro atoms. The number of nitrogens with one attached hydrogen (secondary N) is 3. The van der Waals surface area contributed by atoms with Gasteiger partial charge in [-0.15, -0.1) is 13.2 Å². The lowest BCUT2D eigenvalue weighted by molar-refractivity contribution is -0.274. The molecule has 0 saturated carbocycles. The van der Waals surface area contributed by atoms with Crippen molar-refractivity contribution >= 4 is 51.7 Å². The molecule has 3 aromatic carbocycles. The molecule has 1 aromatic heterocycles. The number of hydrogen-bond acceptors (Lipinski definition) is 3. The fourth-order valence-electron chi connectivity index (χ4n) is 2.93. The first-order valence-electron chi connectivity index (χ1n) is 9.23. The Labute approximate surface area is 189 Å². The first-order chi connectivity index (χ1) is 15.2. The van der Waals surface area contributed by atoms with Crippen LogP contribution in [0.25, 0.3) is 10.9 Å². The van der Waals surface area contributed by atoms with E-state index in [-0.39, 0.29) is 5.75 Å². The third-order valence-electron chi connectivity index (χ3n) is 4.30. The van der Waals surface area contributed by atoms with Crippen LogP contribution < -0.4 is 15.4 Å². The van der Waals surface area contributed by atoms with Gasteiger partial charge in [0.15, 0.2) is 0 Å². The summed E-state index contributed by atoms with van der Waals surface area (Å²) in [4.78, 5) is 17.0. The molecule has 0 unspecified atom stereocenters. The number of carbonyl (C=O) groups excluding carboxylic acids is 1. The summed E-state index contributed by atoms with van der Waals surface area (Å²) in [5.74, 6) is -0.273. The van der Waals surface area contributed by atoms with Crippen molar-refractivity contribution in [1.29, 1.82) is 0 Å². The zero-order chi connectivity index (χ0) is 22.7. The highest BCUT2D eigenvalue weighted by Crippen LogP contribution is 2.31. The molecular weight excluding hydrogens is 463 g/mol. The summed E-state index contributed by atoms with van der Waals surface area (Å²) >= 11 is 7.39. The van der Waals surface area contributed by atoms with Crippen LogP contribution >= 0.6 is 23.4 Å². The van der Waals surface area contributed by atoms with Crippen LogP contribution in [0.2, 0.25) is 5.02 Å². The van der Waals surface area contributed by atoms with E-state index in [0.717, 1.165) is 20.7 Å². The molecule has 0 aliphatic rings. The molecular formula is C22H15ClF3N3O2S. The lowest BCUT2D eigenvalue weighted by Crippen LogP contribution is -2.19. The van der Waals surface area contributed by atoms with E-state index in [1.54, 1.807) is 54.7 Å². The minimum Gasteiger partial charge on any atom is -0.406 e. The Kier molecular flexibility index (Phi) is 6.20. The maximum Gasteiger partial charge on any atom is 0.573 e. The summed E-state index contributed by atoms with van der Waals surface area (Å²) in [7, 11) is 0. The molecule has 0 fully saturated rings. The topological polar surface area (TPSA) is 66.2 Å². The van der Waals surface area contributed by atoms with Gasteiger partial charge in [0, 0.05) is 37.6 Å². The van der Waals surface area contributed by atoms with Crippen LogP contribution in [0.1, 0.15) is 0 Å². The Hall–Kier alpha value is -3.30. The van der Waals surface area contributed by atoms with E-state index in [1.807, 2.05) is 6.07 Å². The molecule has 0 atom stereocenters. The van der Waals surface area contributed by atoms with Crippen LogP contribution in [0.15, 0.2) is 82.7 Å². The Morgan fingerprint density at radius 3 is 2.25 bits per heavy atom. The molecule has 164 valence electrons. The predicted molar refractivity (Wildman–Crippen MR) is 120 cm³/mol. The van der Waals surface area contributed by atoms with Gasteiger partial charge in [-0.05, 0) is 66.7 Å². The number of carbonyl (C=O) groups is 1. The van der Waals surface area contributed by atoms with Gasteiger partial charge in [0.2, 0.25) is 0 Å². The van der Waals surface area contributed by atoms with Gasteiger partial charge in [-0.25, -0.2) is 4.79 Å². The van der Waals surface area contributed by atoms with Gasteiger partial charge in [-0.1, -0.05) is 23.4 Å². The number of alkyl halides is 3. The number of H-pyrrole nitrogens is 1. The van der Waals surface area contributed by atoms with Gasteiger partial charge >= 0.3 is 12.4 Å². The van der Waals surface area contributed by atoms with Crippen molar-refractivity contribution in [1.82, 2.24) is 4.98 Å². The van der Waals surface area contributed by atoms with E-state index >= 15 is 0 Å². The number of aromatic amines is 1. The molecule has 32 heavy (non-hydrogen) atoms. The fourth-order valence-corrected chi connectivity index (χ4v) is 3.92. The third kappa shape index (κ3) is 5.68. The smallest absolute Gasteiger partial charge is 0.406 e. The van der Waals surface area contributed by atoms with E-state index in [2.05, 4.69) is 20.4 Å². The van der Waals surface area contributed by atoms with Crippen molar-refractivity contribution in [2.75, 3.05) is 10.6 Å². The average Bonchev–Trinajstić information content (AvgIpc) is 3.11. The number of rotatable bonds is 5. The highest BCUT2D eigenvalue weighted by Gasteiger charge is 2.30. The van der Waals surface area contributed by atoms with Crippen LogP contribution in [0, 0.1) is 0 Å². The molecule has 5 nitrogen and oxygen atoms in total. The number of ether oxygens (including phenoxy) is 1. The number of fused-ring (bicyclic) bond motifs is 1. The molecule has 0 aliphatic carbocycles. The van der Waals surface area contributed by atoms with Gasteiger partial charge in [0.25, 0.3) is 0 Å². The van der Waals surface area contributed by atoms with E-state index < -0.39 is 12.4 Å². The highest BCUT2D eigenvalue weighted by molar-refractivity contribution is 7.99. The summed E-state index contributed by atoms with van der Waals surface area (Å²) in [6, 6.07) is 17.6. The first-order valence-corrected chi connectivity index (χ1v) is 10.4. The monoisotopic (exact) mass is 477 g/mol. The standard InChI is InChI=1S/C22H15ClF3N3O2S/c23-13-1-10-19-18(11-13)20(12-27-19)29-21(30)28-14-2-6-16(7-3-14)32-17-8-4-15(5-9-17)31-22(24,25)26/h1-12,27H,(H2,28,29,30). The van der Waals surface area contributed by atoms with E-state index in [1.165, 1.54) is 23.9 Å². The van der Waals surface area contributed by atoms with Gasteiger partial charge in [-0.3, -0.25) is 0 Å². The fraction of sp³-hybridized carbons (Fsp3) is 0.0455. The average molecular weight is 478 g/mol. The SMILES string of the molecule is O=C(Nc1ccc(Sc2ccc(OC(F)(F)F)cc2)cc1)Nc1c[nH]c2ccc(Cl)cc12. The molecule has 0 bridgehead atoms. The quantitative estimate of drug-likeness (QED) is 0.278. The molecule has 0 aliphatic heterocycles. The lowest BCUT2D eigenvalue weighted by Gasteiger charge is -2.10. The van der Waals surface area contributed by atoms with Crippen molar-refractivity contribution in [2.24, 2.45) is 0 Å². The molecule has 0 saturated heterocycles. The van der Waals surface area contributed by atoms with Gasteiger partial charge < -0.3 is 20.4 Å². The van der Waals surface area contributed by atoms with Crippen molar-refractivity contribution in [3.05, 3.63) is 77.9 Å². The van der Waals surface area contributed by atoms with E-state index in [4.69, 9.17) is 11.6 Å². The second-order valence-corrected chi connectivity index (χ2v) is 8.20. The Balaban J connectivity index is 1.35. The van der Waals surface area contributed by atoms with Gasteiger partial charge in [0.05, 0.1) is 5.69 Å². The minimum absolute atomic E-state index is 0.273. The number of benzene rings is 3. The summed E-state index contributed by atoms with van der Waals surface area (Å²) in [6.07, 6.45) is -3.03. The number of urea groups is 1. The first kappa shape index (κ1) is 21.9.